The van der Waals surface area contributed by atoms with Gasteiger partial charge < -0.3 is 4.57 Å². The third kappa shape index (κ3) is 2.50. The minimum atomic E-state index is -3.86. The summed E-state index contributed by atoms with van der Waals surface area (Å²) >= 11 is 0. The fourth-order valence-electron chi connectivity index (χ4n) is 3.07. The second-order valence-corrected chi connectivity index (χ2v) is 8.14. The lowest BCUT2D eigenvalue weighted by Gasteiger charge is -2.12. The Kier molecular flexibility index (Phi) is 3.49. The first-order valence-corrected chi connectivity index (χ1v) is 9.52. The standard InChI is InChI=1S/C17H16N6O2S/c1-11-21-16(15(23(11)2)17(9-18)5-6-17)22-26(24,25)13-3-4-14-12(7-13)8-19-10-20-14/h3-4,7-8,10,22H,5-6H2,1-2H3. The van der Waals surface area contributed by atoms with Crippen molar-refractivity contribution in [1.29, 1.82) is 5.26 Å². The molecule has 1 aliphatic rings. The number of aryl methyl sites for hydroxylation is 1. The van der Waals surface area contributed by atoms with E-state index in [1.54, 1.807) is 30.8 Å². The van der Waals surface area contributed by atoms with E-state index < -0.39 is 15.4 Å². The van der Waals surface area contributed by atoms with Crippen LogP contribution in [0.5, 0.6) is 0 Å². The Bertz CT molecular complexity index is 1170. The van der Waals surface area contributed by atoms with E-state index in [1.165, 1.54) is 18.5 Å². The maximum absolute atomic E-state index is 12.9. The predicted octanol–water partition coefficient (Wildman–Crippen LogP) is 2.03. The van der Waals surface area contributed by atoms with E-state index in [-0.39, 0.29) is 10.7 Å². The molecule has 1 saturated carbocycles. The van der Waals surface area contributed by atoms with Gasteiger partial charge in [0.25, 0.3) is 10.0 Å². The molecular weight excluding hydrogens is 352 g/mol. The number of hydrogen-bond acceptors (Lipinski definition) is 6. The van der Waals surface area contributed by atoms with Crippen molar-refractivity contribution in [3.8, 4) is 6.07 Å². The zero-order valence-corrected chi connectivity index (χ0v) is 15.1. The molecule has 26 heavy (non-hydrogen) atoms. The maximum atomic E-state index is 12.9. The molecule has 8 nitrogen and oxygen atoms in total. The van der Waals surface area contributed by atoms with E-state index in [0.29, 0.717) is 35.3 Å². The molecular formula is C17H16N6O2S. The number of anilines is 1. The molecule has 132 valence electrons. The summed E-state index contributed by atoms with van der Waals surface area (Å²) in [7, 11) is -2.07. The van der Waals surface area contributed by atoms with Gasteiger partial charge in [0.1, 0.15) is 17.6 Å². The van der Waals surface area contributed by atoms with Crippen molar-refractivity contribution < 1.29 is 8.42 Å². The molecule has 0 unspecified atom stereocenters. The summed E-state index contributed by atoms with van der Waals surface area (Å²) in [4.78, 5) is 12.4. The van der Waals surface area contributed by atoms with Crippen LogP contribution in [0.2, 0.25) is 0 Å². The normalized spacial score (nSPS) is 15.6. The molecule has 0 spiro atoms. The number of rotatable bonds is 4. The zero-order chi connectivity index (χ0) is 18.5. The van der Waals surface area contributed by atoms with Gasteiger partial charge in [-0.05, 0) is 38.0 Å². The molecule has 2 aromatic heterocycles. The molecule has 2 heterocycles. The molecule has 0 saturated heterocycles. The monoisotopic (exact) mass is 368 g/mol. The van der Waals surface area contributed by atoms with E-state index in [9.17, 15) is 13.7 Å². The minimum Gasteiger partial charge on any atom is -0.332 e. The highest BCUT2D eigenvalue weighted by Crippen LogP contribution is 2.50. The first kappa shape index (κ1) is 16.5. The van der Waals surface area contributed by atoms with E-state index in [1.807, 2.05) is 0 Å². The van der Waals surface area contributed by atoms with Gasteiger partial charge in [0.2, 0.25) is 0 Å². The zero-order valence-electron chi connectivity index (χ0n) is 14.3. The predicted molar refractivity (Wildman–Crippen MR) is 94.8 cm³/mol. The second-order valence-electron chi connectivity index (χ2n) is 6.46. The van der Waals surface area contributed by atoms with Crippen LogP contribution < -0.4 is 4.72 Å². The lowest BCUT2D eigenvalue weighted by atomic mass is 10.1. The quantitative estimate of drug-likeness (QED) is 0.754. The van der Waals surface area contributed by atoms with Gasteiger partial charge in [-0.1, -0.05) is 0 Å². The fourth-order valence-corrected chi connectivity index (χ4v) is 4.12. The van der Waals surface area contributed by atoms with Gasteiger partial charge in [0.15, 0.2) is 5.82 Å². The van der Waals surface area contributed by atoms with Crippen molar-refractivity contribution in [1.82, 2.24) is 19.5 Å². The summed E-state index contributed by atoms with van der Waals surface area (Å²) in [6.45, 7) is 1.78. The molecule has 1 fully saturated rings. The van der Waals surface area contributed by atoms with Crippen LogP contribution in [-0.4, -0.2) is 27.9 Å². The Hall–Kier alpha value is -2.99. The number of nitriles is 1. The van der Waals surface area contributed by atoms with Crippen LogP contribution in [0.1, 0.15) is 24.4 Å². The molecule has 4 rings (SSSR count). The molecule has 0 aliphatic heterocycles. The van der Waals surface area contributed by atoms with Gasteiger partial charge in [0.05, 0.1) is 22.2 Å². The van der Waals surface area contributed by atoms with Crippen LogP contribution in [0.15, 0.2) is 35.6 Å². The van der Waals surface area contributed by atoms with Crippen molar-refractivity contribution in [3.63, 3.8) is 0 Å². The van der Waals surface area contributed by atoms with Gasteiger partial charge in [0, 0.05) is 18.6 Å². The third-order valence-corrected chi connectivity index (χ3v) is 6.09. The highest BCUT2D eigenvalue weighted by atomic mass is 32.2. The lowest BCUT2D eigenvalue weighted by Crippen LogP contribution is -2.18. The molecule has 1 aromatic carbocycles. The number of nitrogens with zero attached hydrogens (tertiary/aromatic N) is 5. The smallest absolute Gasteiger partial charge is 0.263 e. The SMILES string of the molecule is Cc1nc(NS(=O)(=O)c2ccc3ncncc3c2)c(C2(C#N)CC2)n1C. The highest BCUT2D eigenvalue weighted by molar-refractivity contribution is 7.92. The van der Waals surface area contributed by atoms with Crippen LogP contribution in [0, 0.1) is 18.3 Å². The van der Waals surface area contributed by atoms with Crippen molar-refractivity contribution in [2.45, 2.75) is 30.1 Å². The van der Waals surface area contributed by atoms with Gasteiger partial charge >= 0.3 is 0 Å². The van der Waals surface area contributed by atoms with Gasteiger partial charge in [-0.2, -0.15) is 5.26 Å². The molecule has 0 atom stereocenters. The molecule has 9 heteroatoms. The van der Waals surface area contributed by atoms with Gasteiger partial charge in [-0.15, -0.1) is 0 Å². The van der Waals surface area contributed by atoms with Crippen LogP contribution >= 0.6 is 0 Å². The first-order valence-electron chi connectivity index (χ1n) is 8.04. The third-order valence-electron chi connectivity index (χ3n) is 4.75. The molecule has 3 aromatic rings. The van der Waals surface area contributed by atoms with Crippen LogP contribution in [-0.2, 0) is 22.5 Å². The number of benzene rings is 1. The number of aromatic nitrogens is 4. The molecule has 1 N–H and O–H groups in total. The van der Waals surface area contributed by atoms with Gasteiger partial charge in [-0.25, -0.2) is 23.4 Å². The maximum Gasteiger partial charge on any atom is 0.263 e. The molecule has 1 aliphatic carbocycles. The Balaban J connectivity index is 1.77. The molecule has 0 bridgehead atoms. The summed E-state index contributed by atoms with van der Waals surface area (Å²) in [5.41, 5.74) is 0.616. The molecule has 0 radical (unpaired) electrons. The number of nitrogens with one attached hydrogen (secondary N) is 1. The lowest BCUT2D eigenvalue weighted by molar-refractivity contribution is 0.601. The topological polar surface area (TPSA) is 114 Å². The van der Waals surface area contributed by atoms with Crippen LogP contribution in [0.25, 0.3) is 10.9 Å². The van der Waals surface area contributed by atoms with Crippen molar-refractivity contribution in [3.05, 3.63) is 42.2 Å². The summed E-state index contributed by atoms with van der Waals surface area (Å²) in [6.07, 6.45) is 4.37. The number of imidazole rings is 1. The van der Waals surface area contributed by atoms with Crippen LogP contribution in [0.4, 0.5) is 5.82 Å². The Morgan fingerprint density at radius 1 is 1.35 bits per heavy atom. The first-order chi connectivity index (χ1) is 12.4. The number of fused-ring (bicyclic) bond motifs is 1. The second kappa shape index (κ2) is 5.51. The number of hydrogen-bond donors (Lipinski definition) is 1. The van der Waals surface area contributed by atoms with E-state index in [0.717, 1.165) is 0 Å². The summed E-state index contributed by atoms with van der Waals surface area (Å²) in [5, 5.41) is 10.1. The molecule has 0 amide bonds. The Morgan fingerprint density at radius 2 is 2.12 bits per heavy atom. The largest absolute Gasteiger partial charge is 0.332 e. The summed E-state index contributed by atoms with van der Waals surface area (Å²) < 4.78 is 30.1. The fraction of sp³-hybridized carbons (Fsp3) is 0.294. The summed E-state index contributed by atoms with van der Waals surface area (Å²) in [5.74, 6) is 0.861. The summed E-state index contributed by atoms with van der Waals surface area (Å²) in [6, 6.07) is 6.94. The minimum absolute atomic E-state index is 0.0934. The van der Waals surface area contributed by atoms with E-state index in [4.69, 9.17) is 0 Å². The Labute approximate surface area is 150 Å². The average molecular weight is 368 g/mol. The van der Waals surface area contributed by atoms with Crippen molar-refractivity contribution in [2.75, 3.05) is 4.72 Å². The van der Waals surface area contributed by atoms with Gasteiger partial charge in [-0.3, -0.25) is 4.72 Å². The average Bonchev–Trinajstić information content (AvgIpc) is 3.36. The number of sulfonamides is 1. The van der Waals surface area contributed by atoms with E-state index in [2.05, 4.69) is 25.7 Å². The van der Waals surface area contributed by atoms with Crippen LogP contribution in [0.3, 0.4) is 0 Å². The highest BCUT2D eigenvalue weighted by Gasteiger charge is 2.49. The van der Waals surface area contributed by atoms with Crippen molar-refractivity contribution in [2.24, 2.45) is 7.05 Å². The Morgan fingerprint density at radius 3 is 2.81 bits per heavy atom. The van der Waals surface area contributed by atoms with E-state index >= 15 is 0 Å². The van der Waals surface area contributed by atoms with Crippen molar-refractivity contribution >= 4 is 26.7 Å².